The van der Waals surface area contributed by atoms with Gasteiger partial charge >= 0.3 is 11.9 Å². The number of aromatic hydroxyl groups is 2. The molecule has 1 heterocycles. The molecule has 5 nitrogen and oxygen atoms in total. The number of hydrogen-bond acceptors (Lipinski definition) is 5. The van der Waals surface area contributed by atoms with Crippen LogP contribution >= 0.6 is 0 Å². The first-order valence-electron chi connectivity index (χ1n) is 5.61. The predicted molar refractivity (Wildman–Crippen MR) is 64.6 cm³/mol. The number of hydrogen-bond donors (Lipinski definition) is 2. The van der Waals surface area contributed by atoms with Crippen LogP contribution in [0.5, 0.6) is 11.5 Å². The first-order chi connectivity index (χ1) is 9.10. The summed E-state index contributed by atoms with van der Waals surface area (Å²) >= 11 is 0. The predicted octanol–water partition coefficient (Wildman–Crippen LogP) is 2.47. The summed E-state index contributed by atoms with van der Waals surface area (Å²) in [6, 6.07) is 12.3. The largest absolute Gasteiger partial charge is 0.516 e. The zero-order valence-corrected chi connectivity index (χ0v) is 9.74. The number of ether oxygens (including phenoxy) is 2. The molecule has 0 aliphatic carbocycles. The van der Waals surface area contributed by atoms with E-state index in [1.54, 1.807) is 24.3 Å². The van der Waals surface area contributed by atoms with Crippen molar-refractivity contribution >= 4 is 6.16 Å². The second-order valence-electron chi connectivity index (χ2n) is 4.16. The fraction of sp³-hybridized carbons (Fsp3) is 0.0714. The van der Waals surface area contributed by atoms with E-state index in [4.69, 9.17) is 9.47 Å². The molecule has 2 aromatic carbocycles. The summed E-state index contributed by atoms with van der Waals surface area (Å²) in [7, 11) is 0. The molecule has 5 heteroatoms. The third-order valence-corrected chi connectivity index (χ3v) is 2.95. The van der Waals surface area contributed by atoms with Crippen LogP contribution in [0.4, 0.5) is 4.79 Å². The Morgan fingerprint density at radius 1 is 0.737 bits per heavy atom. The molecule has 0 atom stereocenters. The number of benzene rings is 2. The minimum atomic E-state index is -1.31. The van der Waals surface area contributed by atoms with Gasteiger partial charge in [-0.05, 0) is 48.5 Å². The Labute approximate surface area is 108 Å². The van der Waals surface area contributed by atoms with Crippen molar-refractivity contribution in [2.75, 3.05) is 0 Å². The van der Waals surface area contributed by atoms with Gasteiger partial charge in [0.2, 0.25) is 0 Å². The van der Waals surface area contributed by atoms with E-state index in [-0.39, 0.29) is 11.5 Å². The highest BCUT2D eigenvalue weighted by Crippen LogP contribution is 2.43. The van der Waals surface area contributed by atoms with Crippen molar-refractivity contribution in [3.63, 3.8) is 0 Å². The smallest absolute Gasteiger partial charge is 0.508 e. The highest BCUT2D eigenvalue weighted by molar-refractivity contribution is 5.69. The van der Waals surface area contributed by atoms with Crippen molar-refractivity contribution in [2.24, 2.45) is 0 Å². The molecule has 1 fully saturated rings. The van der Waals surface area contributed by atoms with Crippen LogP contribution in [0.3, 0.4) is 0 Å². The Morgan fingerprint density at radius 3 is 1.42 bits per heavy atom. The molecule has 0 spiro atoms. The molecule has 1 aliphatic heterocycles. The van der Waals surface area contributed by atoms with Crippen molar-refractivity contribution in [3.05, 3.63) is 59.7 Å². The van der Waals surface area contributed by atoms with Crippen molar-refractivity contribution in [1.82, 2.24) is 0 Å². The van der Waals surface area contributed by atoms with Gasteiger partial charge in [-0.25, -0.2) is 4.79 Å². The highest BCUT2D eigenvalue weighted by atomic mass is 16.9. The molecule has 0 unspecified atom stereocenters. The number of phenolic OH excluding ortho intramolecular Hbond substituents is 2. The lowest BCUT2D eigenvalue weighted by Gasteiger charge is -2.39. The quantitative estimate of drug-likeness (QED) is 0.809. The van der Waals surface area contributed by atoms with Crippen LogP contribution in [-0.4, -0.2) is 16.4 Å². The molecule has 0 bridgehead atoms. The SMILES string of the molecule is O=C1OC(c2ccc(O)cc2)(c2ccc(O)cc2)O1. The molecule has 0 amide bonds. The van der Waals surface area contributed by atoms with Crippen molar-refractivity contribution in [3.8, 4) is 11.5 Å². The number of carbonyl (C=O) groups is 1. The molecule has 0 aromatic heterocycles. The average Bonchev–Trinajstić information content (AvgIpc) is 2.37. The van der Waals surface area contributed by atoms with Gasteiger partial charge in [-0.2, -0.15) is 0 Å². The maximum absolute atomic E-state index is 11.1. The number of carbonyl (C=O) groups excluding carboxylic acids is 1. The summed E-state index contributed by atoms with van der Waals surface area (Å²) in [6.07, 6.45) is -0.763. The van der Waals surface area contributed by atoms with Gasteiger partial charge < -0.3 is 19.7 Å². The lowest BCUT2D eigenvalue weighted by Crippen LogP contribution is -2.48. The molecular weight excluding hydrogens is 248 g/mol. The molecule has 3 rings (SSSR count). The van der Waals surface area contributed by atoms with Gasteiger partial charge in [0.15, 0.2) is 0 Å². The summed E-state index contributed by atoms with van der Waals surface area (Å²) in [5, 5.41) is 18.6. The summed E-state index contributed by atoms with van der Waals surface area (Å²) in [4.78, 5) is 11.1. The topological polar surface area (TPSA) is 76.0 Å². The third kappa shape index (κ3) is 1.76. The van der Waals surface area contributed by atoms with Crippen LogP contribution in [-0.2, 0) is 15.3 Å². The van der Waals surface area contributed by atoms with E-state index in [2.05, 4.69) is 0 Å². The summed E-state index contributed by atoms with van der Waals surface area (Å²) in [6.45, 7) is 0. The minimum Gasteiger partial charge on any atom is -0.508 e. The van der Waals surface area contributed by atoms with Gasteiger partial charge in [-0.3, -0.25) is 0 Å². The Balaban J connectivity index is 2.07. The first-order valence-corrected chi connectivity index (χ1v) is 5.61. The monoisotopic (exact) mass is 258 g/mol. The zero-order chi connectivity index (χ0) is 13.5. The molecule has 2 N–H and O–H groups in total. The molecule has 2 aromatic rings. The van der Waals surface area contributed by atoms with Gasteiger partial charge in [0.05, 0.1) is 0 Å². The van der Waals surface area contributed by atoms with Crippen LogP contribution in [0.2, 0.25) is 0 Å². The average molecular weight is 258 g/mol. The van der Waals surface area contributed by atoms with Gasteiger partial charge in [0.1, 0.15) is 11.5 Å². The summed E-state index contributed by atoms with van der Waals surface area (Å²) in [5.41, 5.74) is 1.16. The Kier molecular flexibility index (Phi) is 2.35. The summed E-state index contributed by atoms with van der Waals surface area (Å²) < 4.78 is 10.3. The van der Waals surface area contributed by atoms with Crippen molar-refractivity contribution < 1.29 is 24.5 Å². The van der Waals surface area contributed by atoms with E-state index >= 15 is 0 Å². The highest BCUT2D eigenvalue weighted by Gasteiger charge is 2.52. The van der Waals surface area contributed by atoms with Crippen LogP contribution in [0, 0.1) is 0 Å². The standard InChI is InChI=1S/C14H10O5/c15-11-5-1-9(2-6-11)14(18-13(17)19-14)10-3-7-12(16)8-4-10/h1-8,15-16H. The third-order valence-electron chi connectivity index (χ3n) is 2.95. The maximum Gasteiger partial charge on any atom is 0.516 e. The van der Waals surface area contributed by atoms with E-state index in [1.165, 1.54) is 24.3 Å². The van der Waals surface area contributed by atoms with Crippen molar-refractivity contribution in [2.45, 2.75) is 5.79 Å². The number of rotatable bonds is 2. The van der Waals surface area contributed by atoms with Crippen LogP contribution in [0.1, 0.15) is 11.1 Å². The maximum atomic E-state index is 11.1. The second-order valence-corrected chi connectivity index (χ2v) is 4.16. The van der Waals surface area contributed by atoms with Gasteiger partial charge in [-0.15, -0.1) is 0 Å². The molecule has 96 valence electrons. The van der Waals surface area contributed by atoms with Crippen molar-refractivity contribution in [1.29, 1.82) is 0 Å². The number of cyclic esters (lactones) is 2. The van der Waals surface area contributed by atoms with Gasteiger partial charge in [0, 0.05) is 11.1 Å². The van der Waals surface area contributed by atoms with Gasteiger partial charge in [-0.1, -0.05) is 0 Å². The molecule has 0 saturated carbocycles. The first kappa shape index (κ1) is 11.4. The van der Waals surface area contributed by atoms with E-state index in [0.29, 0.717) is 11.1 Å². The Hall–Kier alpha value is -2.69. The lowest BCUT2D eigenvalue weighted by atomic mass is 9.96. The van der Waals surface area contributed by atoms with Gasteiger partial charge in [0.25, 0.3) is 0 Å². The molecule has 1 saturated heterocycles. The minimum absolute atomic E-state index is 0.107. The molecule has 0 radical (unpaired) electrons. The van der Waals surface area contributed by atoms with E-state index in [1.807, 2.05) is 0 Å². The second kappa shape index (κ2) is 3.91. The fourth-order valence-electron chi connectivity index (χ4n) is 2.01. The van der Waals surface area contributed by atoms with Crippen LogP contribution in [0.25, 0.3) is 0 Å². The van der Waals surface area contributed by atoms with Crippen LogP contribution < -0.4 is 0 Å². The summed E-state index contributed by atoms with van der Waals surface area (Å²) in [5.74, 6) is -1.09. The zero-order valence-electron chi connectivity index (χ0n) is 9.74. The fourth-order valence-corrected chi connectivity index (χ4v) is 2.01. The van der Waals surface area contributed by atoms with E-state index in [9.17, 15) is 15.0 Å². The van der Waals surface area contributed by atoms with Crippen LogP contribution in [0.15, 0.2) is 48.5 Å². The lowest BCUT2D eigenvalue weighted by molar-refractivity contribution is -0.253. The Bertz CT molecular complexity index is 560. The normalized spacial score (nSPS) is 16.1. The van der Waals surface area contributed by atoms with E-state index < -0.39 is 11.9 Å². The molecule has 19 heavy (non-hydrogen) atoms. The number of phenols is 2. The Morgan fingerprint density at radius 2 is 1.11 bits per heavy atom. The molecular formula is C14H10O5. The van der Waals surface area contributed by atoms with E-state index in [0.717, 1.165) is 0 Å². The molecule has 1 aliphatic rings.